The zero-order chi connectivity index (χ0) is 21.1. The molecule has 28 heavy (non-hydrogen) atoms. The lowest BCUT2D eigenvalue weighted by molar-refractivity contribution is -0.139. The molecule has 1 aromatic rings. The Hall–Kier alpha value is -3.70. The van der Waals surface area contributed by atoms with Gasteiger partial charge in [-0.2, -0.15) is 0 Å². The van der Waals surface area contributed by atoms with Crippen LogP contribution in [0.15, 0.2) is 18.2 Å². The fraction of sp³-hybridized carbons (Fsp3) is 0.375. The maximum Gasteiger partial charge on any atom is 0.407 e. The van der Waals surface area contributed by atoms with Gasteiger partial charge in [-0.05, 0) is 19.1 Å². The van der Waals surface area contributed by atoms with Crippen molar-refractivity contribution in [3.05, 3.63) is 23.8 Å². The van der Waals surface area contributed by atoms with E-state index in [1.165, 1.54) is 18.2 Å². The lowest BCUT2D eigenvalue weighted by Gasteiger charge is -2.15. The van der Waals surface area contributed by atoms with Gasteiger partial charge in [-0.15, -0.1) is 0 Å². The molecular formula is C16H23N5O7. The van der Waals surface area contributed by atoms with Crippen molar-refractivity contribution in [3.8, 4) is 11.5 Å². The summed E-state index contributed by atoms with van der Waals surface area (Å²) in [5.41, 5.74) is 5.02. The second kappa shape index (κ2) is 11.1. The molecule has 1 aromatic carbocycles. The number of hydrogen-bond donors (Lipinski definition) is 7. The molecule has 0 spiro atoms. The van der Waals surface area contributed by atoms with E-state index in [-0.39, 0.29) is 42.8 Å². The highest BCUT2D eigenvalue weighted by Crippen LogP contribution is 2.23. The molecule has 0 unspecified atom stereocenters. The molecule has 1 atom stereocenters. The molecule has 0 radical (unpaired) electrons. The van der Waals surface area contributed by atoms with Gasteiger partial charge in [0.1, 0.15) is 24.1 Å². The van der Waals surface area contributed by atoms with Crippen molar-refractivity contribution in [1.82, 2.24) is 16.0 Å². The molecule has 0 aliphatic heterocycles. The van der Waals surface area contributed by atoms with Crippen molar-refractivity contribution in [1.29, 1.82) is 5.41 Å². The number of nitrogens with one attached hydrogen (secondary N) is 4. The summed E-state index contributed by atoms with van der Waals surface area (Å²) in [5, 5.41) is 33.0. The molecule has 0 saturated heterocycles. The number of phenolic OH excluding ortho intramolecular Hbond substituents is 1. The Balaban J connectivity index is 2.61. The minimum absolute atomic E-state index is 0.0671. The maximum atomic E-state index is 12.2. The normalized spacial score (nSPS) is 11.0. The molecule has 154 valence electrons. The van der Waals surface area contributed by atoms with E-state index in [0.717, 1.165) is 0 Å². The molecule has 0 aromatic heterocycles. The Bertz CT molecular complexity index is 725. The molecule has 0 fully saturated rings. The highest BCUT2D eigenvalue weighted by Gasteiger charge is 2.22. The number of rotatable bonds is 10. The predicted octanol–water partition coefficient (Wildman–Crippen LogP) is -0.817. The fourth-order valence-electron chi connectivity index (χ4n) is 1.95. The minimum Gasteiger partial charge on any atom is -0.507 e. The minimum atomic E-state index is -1.40. The van der Waals surface area contributed by atoms with Crippen LogP contribution >= 0.6 is 0 Å². The Morgan fingerprint density at radius 3 is 2.57 bits per heavy atom. The third kappa shape index (κ3) is 7.68. The monoisotopic (exact) mass is 397 g/mol. The SMILES string of the molecule is CCOC(=O)N[C@@H](CNC(=O)c1ccc(OCCNC(=N)N)cc1O)C(=O)O. The fourth-order valence-corrected chi connectivity index (χ4v) is 1.95. The number of hydrogen-bond acceptors (Lipinski definition) is 7. The lowest BCUT2D eigenvalue weighted by Crippen LogP contribution is -2.48. The number of carbonyl (C=O) groups is 3. The average Bonchev–Trinajstić information content (AvgIpc) is 2.62. The van der Waals surface area contributed by atoms with Gasteiger partial charge in [-0.3, -0.25) is 10.2 Å². The van der Waals surface area contributed by atoms with Crippen molar-refractivity contribution < 1.29 is 34.1 Å². The van der Waals surface area contributed by atoms with Crippen LogP contribution in [0.3, 0.4) is 0 Å². The molecule has 1 rings (SSSR count). The van der Waals surface area contributed by atoms with E-state index >= 15 is 0 Å². The zero-order valence-electron chi connectivity index (χ0n) is 15.2. The summed E-state index contributed by atoms with van der Waals surface area (Å²) in [6.07, 6.45) is -0.923. The van der Waals surface area contributed by atoms with Crippen molar-refractivity contribution >= 4 is 23.9 Å². The summed E-state index contributed by atoms with van der Waals surface area (Å²) in [6.45, 7) is 1.67. The van der Waals surface area contributed by atoms with Crippen LogP contribution in [0.2, 0.25) is 0 Å². The van der Waals surface area contributed by atoms with E-state index < -0.39 is 30.6 Å². The summed E-state index contributed by atoms with van der Waals surface area (Å²) >= 11 is 0. The summed E-state index contributed by atoms with van der Waals surface area (Å²) in [7, 11) is 0. The van der Waals surface area contributed by atoms with Crippen LogP contribution in [-0.4, -0.2) is 66.5 Å². The second-order valence-electron chi connectivity index (χ2n) is 5.33. The number of phenols is 1. The lowest BCUT2D eigenvalue weighted by atomic mass is 10.1. The van der Waals surface area contributed by atoms with Crippen LogP contribution in [-0.2, 0) is 9.53 Å². The smallest absolute Gasteiger partial charge is 0.407 e. The number of aliphatic carboxylic acids is 1. The van der Waals surface area contributed by atoms with Crippen molar-refractivity contribution in [3.63, 3.8) is 0 Å². The second-order valence-corrected chi connectivity index (χ2v) is 5.33. The van der Waals surface area contributed by atoms with Gasteiger partial charge in [0.15, 0.2) is 5.96 Å². The summed E-state index contributed by atoms with van der Waals surface area (Å²) < 4.78 is 9.92. The van der Waals surface area contributed by atoms with Crippen LogP contribution in [0.25, 0.3) is 0 Å². The first-order valence-corrected chi connectivity index (χ1v) is 8.22. The quantitative estimate of drug-likeness (QED) is 0.150. The Morgan fingerprint density at radius 2 is 2.00 bits per heavy atom. The molecule has 2 amide bonds. The number of guanidine groups is 1. The first kappa shape index (κ1) is 22.3. The third-order valence-corrected chi connectivity index (χ3v) is 3.23. The number of ether oxygens (including phenoxy) is 2. The molecule has 0 bridgehead atoms. The van der Waals surface area contributed by atoms with E-state index in [1.54, 1.807) is 6.92 Å². The molecule has 12 heteroatoms. The Morgan fingerprint density at radius 1 is 1.29 bits per heavy atom. The number of carboxylic acids is 1. The molecule has 0 heterocycles. The molecule has 0 saturated carbocycles. The first-order valence-electron chi connectivity index (χ1n) is 8.22. The van der Waals surface area contributed by atoms with E-state index in [2.05, 4.69) is 20.7 Å². The van der Waals surface area contributed by atoms with Crippen molar-refractivity contribution in [2.45, 2.75) is 13.0 Å². The number of amides is 2. The molecule has 12 nitrogen and oxygen atoms in total. The van der Waals surface area contributed by atoms with Gasteiger partial charge in [0.2, 0.25) is 0 Å². The standard InChI is InChI=1S/C16H23N5O7/c1-2-27-16(26)21-11(14(24)25)8-20-13(23)10-4-3-9(7-12(10)22)28-6-5-19-15(17)18/h3-4,7,11,22H,2,5-6,8H2,1H3,(H,20,23)(H,21,26)(H,24,25)(H4,17,18,19)/t11-/m0/s1. The number of alkyl carbamates (subject to hydrolysis) is 1. The van der Waals surface area contributed by atoms with E-state index in [0.29, 0.717) is 0 Å². The highest BCUT2D eigenvalue weighted by atomic mass is 16.5. The highest BCUT2D eigenvalue weighted by molar-refractivity contribution is 5.97. The summed E-state index contributed by atoms with van der Waals surface area (Å²) in [6, 6.07) is 2.55. The first-order chi connectivity index (χ1) is 13.2. The molecule has 8 N–H and O–H groups in total. The van der Waals surface area contributed by atoms with Gasteiger partial charge in [0.25, 0.3) is 5.91 Å². The summed E-state index contributed by atoms with van der Waals surface area (Å²) in [4.78, 5) is 34.6. The van der Waals surface area contributed by atoms with Crippen LogP contribution < -0.4 is 26.4 Å². The van der Waals surface area contributed by atoms with Crippen molar-refractivity contribution in [2.75, 3.05) is 26.3 Å². The number of carbonyl (C=O) groups excluding carboxylic acids is 2. The van der Waals surface area contributed by atoms with Gasteiger partial charge in [-0.25, -0.2) is 9.59 Å². The largest absolute Gasteiger partial charge is 0.507 e. The van der Waals surface area contributed by atoms with E-state index in [1.807, 2.05) is 0 Å². The van der Waals surface area contributed by atoms with Crippen LogP contribution in [0, 0.1) is 5.41 Å². The van der Waals surface area contributed by atoms with Crippen molar-refractivity contribution in [2.24, 2.45) is 5.73 Å². The van der Waals surface area contributed by atoms with Gasteiger partial charge in [-0.1, -0.05) is 0 Å². The zero-order valence-corrected chi connectivity index (χ0v) is 15.2. The average molecular weight is 397 g/mol. The van der Waals surface area contributed by atoms with Crippen LogP contribution in [0.1, 0.15) is 17.3 Å². The van der Waals surface area contributed by atoms with Gasteiger partial charge < -0.3 is 41.4 Å². The number of nitrogens with two attached hydrogens (primary N) is 1. The number of benzene rings is 1. The Labute approximate surface area is 160 Å². The predicted molar refractivity (Wildman–Crippen MR) is 97.4 cm³/mol. The van der Waals surface area contributed by atoms with Gasteiger partial charge in [0.05, 0.1) is 18.7 Å². The summed E-state index contributed by atoms with van der Waals surface area (Å²) in [5.74, 6) is -2.39. The maximum absolute atomic E-state index is 12.2. The van der Waals surface area contributed by atoms with Gasteiger partial charge >= 0.3 is 12.1 Å². The van der Waals surface area contributed by atoms with Gasteiger partial charge in [0, 0.05) is 12.6 Å². The molecular weight excluding hydrogens is 374 g/mol. The van der Waals surface area contributed by atoms with E-state index in [9.17, 15) is 19.5 Å². The van der Waals surface area contributed by atoms with Crippen LogP contribution in [0.5, 0.6) is 11.5 Å². The van der Waals surface area contributed by atoms with Crippen LogP contribution in [0.4, 0.5) is 4.79 Å². The van der Waals surface area contributed by atoms with E-state index in [4.69, 9.17) is 21.0 Å². The molecule has 0 aliphatic rings. The topological polar surface area (TPSA) is 196 Å². The number of carboxylic acid groups (broad SMARTS) is 1. The Kier molecular flexibility index (Phi) is 8.86. The third-order valence-electron chi connectivity index (χ3n) is 3.23. The number of aromatic hydroxyl groups is 1. The molecule has 0 aliphatic carbocycles.